The van der Waals surface area contributed by atoms with Crippen LogP contribution in [-0.4, -0.2) is 18.3 Å². The fraction of sp³-hybridized carbons (Fsp3) is 0.455. The molecule has 0 atom stereocenters. The van der Waals surface area contributed by atoms with Crippen LogP contribution in [0.25, 0.3) is 0 Å². The first kappa shape index (κ1) is 10.1. The Balaban J connectivity index is 2.89. The Bertz CT molecular complexity index is 271. The van der Waals surface area contributed by atoms with E-state index in [1.165, 1.54) is 11.1 Å². The van der Waals surface area contributed by atoms with Gasteiger partial charge >= 0.3 is 0 Å². The Morgan fingerprint density at radius 2 is 2.15 bits per heavy atom. The molecule has 2 N–H and O–H groups in total. The summed E-state index contributed by atoms with van der Waals surface area (Å²) in [5.41, 5.74) is 3.59. The molecule has 0 aromatic heterocycles. The van der Waals surface area contributed by atoms with Gasteiger partial charge in [0.2, 0.25) is 0 Å². The number of benzene rings is 1. The van der Waals surface area contributed by atoms with Crippen molar-refractivity contribution in [2.24, 2.45) is 0 Å². The first-order valence-corrected chi connectivity index (χ1v) is 4.72. The second-order valence-corrected chi connectivity index (χ2v) is 3.16. The maximum absolute atomic E-state index is 8.85. The number of aliphatic hydroxyl groups excluding tert-OH is 1. The Labute approximate surface area is 79.6 Å². The van der Waals surface area contributed by atoms with Crippen LogP contribution in [0.5, 0.6) is 0 Å². The zero-order valence-electron chi connectivity index (χ0n) is 8.30. The largest absolute Gasteiger partial charge is 0.396 e. The van der Waals surface area contributed by atoms with Crippen LogP contribution in [0.4, 0.5) is 5.69 Å². The second-order valence-electron chi connectivity index (χ2n) is 3.16. The Morgan fingerprint density at radius 3 is 2.77 bits per heavy atom. The Hall–Kier alpha value is -1.02. The highest BCUT2D eigenvalue weighted by Gasteiger charge is 2.00. The molecule has 0 bridgehead atoms. The molecule has 0 saturated carbocycles. The van der Waals surface area contributed by atoms with E-state index in [0.717, 1.165) is 18.7 Å². The average Bonchev–Trinajstić information content (AvgIpc) is 2.10. The first-order chi connectivity index (χ1) is 6.27. The average molecular weight is 179 g/mol. The van der Waals surface area contributed by atoms with E-state index in [1.54, 1.807) is 0 Å². The van der Waals surface area contributed by atoms with Crippen molar-refractivity contribution in [1.29, 1.82) is 0 Å². The second kappa shape index (κ2) is 4.87. The summed E-state index contributed by atoms with van der Waals surface area (Å²) < 4.78 is 0. The molecule has 13 heavy (non-hydrogen) atoms. The van der Waals surface area contributed by atoms with Crippen molar-refractivity contribution in [2.45, 2.75) is 20.3 Å². The monoisotopic (exact) mass is 179 g/mol. The fourth-order valence-corrected chi connectivity index (χ4v) is 1.38. The maximum atomic E-state index is 8.85. The van der Waals surface area contributed by atoms with Gasteiger partial charge in [-0.2, -0.15) is 0 Å². The molecule has 2 nitrogen and oxygen atoms in total. The third-order valence-electron chi connectivity index (χ3n) is 2.01. The molecule has 0 unspecified atom stereocenters. The van der Waals surface area contributed by atoms with Gasteiger partial charge < -0.3 is 10.4 Å². The van der Waals surface area contributed by atoms with Crippen LogP contribution in [0.1, 0.15) is 18.1 Å². The number of rotatable bonds is 4. The summed E-state index contributed by atoms with van der Waals surface area (Å²) in [7, 11) is 0. The zero-order chi connectivity index (χ0) is 9.68. The van der Waals surface area contributed by atoms with Crippen LogP contribution in [0, 0.1) is 6.92 Å². The van der Waals surface area contributed by atoms with Gasteiger partial charge in [-0.25, -0.2) is 0 Å². The molecule has 72 valence electrons. The summed E-state index contributed by atoms with van der Waals surface area (Å²) in [6.07, 6.45) is 0.725. The molecule has 0 radical (unpaired) electrons. The molecule has 1 aromatic carbocycles. The van der Waals surface area contributed by atoms with Crippen LogP contribution in [0.2, 0.25) is 0 Å². The molecule has 0 aliphatic rings. The van der Waals surface area contributed by atoms with Crippen molar-refractivity contribution in [3.8, 4) is 0 Å². The van der Waals surface area contributed by atoms with Gasteiger partial charge in [0.05, 0.1) is 0 Å². The highest BCUT2D eigenvalue weighted by molar-refractivity contribution is 5.53. The number of anilines is 1. The normalized spacial score (nSPS) is 10.1. The summed E-state index contributed by atoms with van der Waals surface area (Å²) in [5, 5.41) is 12.1. The molecule has 0 amide bonds. The Kier molecular flexibility index (Phi) is 3.77. The molecule has 0 spiro atoms. The predicted octanol–water partition coefficient (Wildman–Crippen LogP) is 1.96. The van der Waals surface area contributed by atoms with Gasteiger partial charge in [0.1, 0.15) is 0 Å². The van der Waals surface area contributed by atoms with Crippen LogP contribution >= 0.6 is 0 Å². The standard InChI is InChI=1S/C11H17NO/c1-3-12-11-8-9(2)4-5-10(11)6-7-13/h4-5,8,12-13H,3,6-7H2,1-2H3. The van der Waals surface area contributed by atoms with Crippen molar-refractivity contribution >= 4 is 5.69 Å². The zero-order valence-corrected chi connectivity index (χ0v) is 8.30. The third-order valence-corrected chi connectivity index (χ3v) is 2.01. The molecule has 0 heterocycles. The topological polar surface area (TPSA) is 32.3 Å². The molecule has 1 aromatic rings. The van der Waals surface area contributed by atoms with Gasteiger partial charge in [-0.1, -0.05) is 12.1 Å². The highest BCUT2D eigenvalue weighted by Crippen LogP contribution is 2.17. The number of hydrogen-bond acceptors (Lipinski definition) is 2. The van der Waals surface area contributed by atoms with Crippen LogP contribution in [0.15, 0.2) is 18.2 Å². The summed E-state index contributed by atoms with van der Waals surface area (Å²) >= 11 is 0. The summed E-state index contributed by atoms with van der Waals surface area (Å²) in [4.78, 5) is 0. The minimum Gasteiger partial charge on any atom is -0.396 e. The fourth-order valence-electron chi connectivity index (χ4n) is 1.38. The lowest BCUT2D eigenvalue weighted by atomic mass is 10.1. The molecule has 1 rings (SSSR count). The van der Waals surface area contributed by atoms with Gasteiger partial charge in [0, 0.05) is 18.8 Å². The maximum Gasteiger partial charge on any atom is 0.0472 e. The van der Waals surface area contributed by atoms with E-state index in [2.05, 4.69) is 37.4 Å². The van der Waals surface area contributed by atoms with E-state index in [9.17, 15) is 0 Å². The first-order valence-electron chi connectivity index (χ1n) is 4.72. The predicted molar refractivity (Wildman–Crippen MR) is 56.1 cm³/mol. The van der Waals surface area contributed by atoms with Crippen LogP contribution in [0.3, 0.4) is 0 Å². The van der Waals surface area contributed by atoms with E-state index in [1.807, 2.05) is 0 Å². The van der Waals surface area contributed by atoms with E-state index in [0.29, 0.717) is 0 Å². The number of hydrogen-bond donors (Lipinski definition) is 2. The SMILES string of the molecule is CCNc1cc(C)ccc1CCO. The van der Waals surface area contributed by atoms with Crippen molar-refractivity contribution in [2.75, 3.05) is 18.5 Å². The van der Waals surface area contributed by atoms with E-state index >= 15 is 0 Å². The van der Waals surface area contributed by atoms with Gasteiger partial charge in [-0.3, -0.25) is 0 Å². The van der Waals surface area contributed by atoms with E-state index in [4.69, 9.17) is 5.11 Å². The molecule has 0 saturated heterocycles. The summed E-state index contributed by atoms with van der Waals surface area (Å²) in [6, 6.07) is 6.27. The minimum atomic E-state index is 0.210. The molecule has 0 fully saturated rings. The van der Waals surface area contributed by atoms with Crippen LogP contribution < -0.4 is 5.32 Å². The van der Waals surface area contributed by atoms with Crippen LogP contribution in [-0.2, 0) is 6.42 Å². The van der Waals surface area contributed by atoms with Crippen molar-refractivity contribution in [1.82, 2.24) is 0 Å². The van der Waals surface area contributed by atoms with Crippen molar-refractivity contribution in [3.63, 3.8) is 0 Å². The van der Waals surface area contributed by atoms with Crippen molar-refractivity contribution in [3.05, 3.63) is 29.3 Å². The van der Waals surface area contributed by atoms with Gasteiger partial charge in [-0.15, -0.1) is 0 Å². The number of aliphatic hydroxyl groups is 1. The number of nitrogens with one attached hydrogen (secondary N) is 1. The molecule has 0 aliphatic carbocycles. The summed E-state index contributed by atoms with van der Waals surface area (Å²) in [6.45, 7) is 5.28. The number of aryl methyl sites for hydroxylation is 1. The molecule has 0 aliphatic heterocycles. The van der Waals surface area contributed by atoms with E-state index < -0.39 is 0 Å². The van der Waals surface area contributed by atoms with Gasteiger partial charge in [0.25, 0.3) is 0 Å². The van der Waals surface area contributed by atoms with Crippen molar-refractivity contribution < 1.29 is 5.11 Å². The molecular weight excluding hydrogens is 162 g/mol. The molecule has 2 heteroatoms. The smallest absolute Gasteiger partial charge is 0.0472 e. The van der Waals surface area contributed by atoms with Gasteiger partial charge in [-0.05, 0) is 37.5 Å². The van der Waals surface area contributed by atoms with E-state index in [-0.39, 0.29) is 6.61 Å². The lowest BCUT2D eigenvalue weighted by Gasteiger charge is -2.10. The van der Waals surface area contributed by atoms with Gasteiger partial charge in [0.15, 0.2) is 0 Å². The Morgan fingerprint density at radius 1 is 1.38 bits per heavy atom. The highest BCUT2D eigenvalue weighted by atomic mass is 16.2. The lowest BCUT2D eigenvalue weighted by molar-refractivity contribution is 0.300. The molecular formula is C11H17NO. The quantitative estimate of drug-likeness (QED) is 0.740. The third kappa shape index (κ3) is 2.74. The lowest BCUT2D eigenvalue weighted by Crippen LogP contribution is -2.02. The summed E-state index contributed by atoms with van der Waals surface area (Å²) in [5.74, 6) is 0. The minimum absolute atomic E-state index is 0.210.